The highest BCUT2D eigenvalue weighted by Crippen LogP contribution is 2.27. The first-order chi connectivity index (χ1) is 14.0. The molecule has 0 aliphatic heterocycles. The third kappa shape index (κ3) is 3.41. The van der Waals surface area contributed by atoms with Gasteiger partial charge >= 0.3 is 0 Å². The lowest BCUT2D eigenvalue weighted by Crippen LogP contribution is -1.99. The van der Waals surface area contributed by atoms with Crippen molar-refractivity contribution in [3.63, 3.8) is 0 Å². The second-order valence-corrected chi connectivity index (χ2v) is 7.14. The SMILES string of the molecule is COc1cccc(-n2c(C)cc(/C=C(\C#N)c3nc4ccc(C)cc4[nH]3)c2C)c1. The highest BCUT2D eigenvalue weighted by molar-refractivity contribution is 5.91. The van der Waals surface area contributed by atoms with E-state index in [2.05, 4.69) is 40.5 Å². The topological polar surface area (TPSA) is 66.6 Å². The zero-order valence-electron chi connectivity index (χ0n) is 16.9. The van der Waals surface area contributed by atoms with Gasteiger partial charge in [-0.1, -0.05) is 12.1 Å². The number of hydrogen-bond donors (Lipinski definition) is 1. The minimum atomic E-state index is 0.504. The Hall–Kier alpha value is -3.78. The van der Waals surface area contributed by atoms with Crippen LogP contribution in [0.2, 0.25) is 0 Å². The Morgan fingerprint density at radius 3 is 2.72 bits per heavy atom. The number of fused-ring (bicyclic) bond motifs is 1. The molecule has 0 amide bonds. The van der Waals surface area contributed by atoms with Gasteiger partial charge in [-0.25, -0.2) is 4.98 Å². The molecule has 1 N–H and O–H groups in total. The molecule has 2 aromatic heterocycles. The molecule has 144 valence electrons. The van der Waals surface area contributed by atoms with Crippen LogP contribution in [0, 0.1) is 32.1 Å². The van der Waals surface area contributed by atoms with Crippen molar-refractivity contribution in [3.05, 3.63) is 76.9 Å². The van der Waals surface area contributed by atoms with Crippen molar-refractivity contribution in [1.29, 1.82) is 5.26 Å². The molecule has 0 spiro atoms. The third-order valence-electron chi connectivity index (χ3n) is 5.09. The Morgan fingerprint density at radius 2 is 1.97 bits per heavy atom. The number of ether oxygens (including phenoxy) is 1. The molecular weight excluding hydrogens is 360 g/mol. The zero-order valence-corrected chi connectivity index (χ0v) is 16.9. The number of rotatable bonds is 4. The van der Waals surface area contributed by atoms with E-state index in [0.29, 0.717) is 11.4 Å². The van der Waals surface area contributed by atoms with E-state index in [-0.39, 0.29) is 0 Å². The van der Waals surface area contributed by atoms with Gasteiger partial charge in [0.2, 0.25) is 0 Å². The molecule has 0 saturated heterocycles. The number of imidazole rings is 1. The summed E-state index contributed by atoms with van der Waals surface area (Å²) in [7, 11) is 1.66. The van der Waals surface area contributed by atoms with Gasteiger partial charge in [0.05, 0.1) is 23.7 Å². The molecule has 4 rings (SSSR count). The molecule has 2 aromatic carbocycles. The number of allylic oxidation sites excluding steroid dienone is 1. The molecule has 29 heavy (non-hydrogen) atoms. The van der Waals surface area contributed by atoms with Crippen LogP contribution >= 0.6 is 0 Å². The van der Waals surface area contributed by atoms with Gasteiger partial charge in [0.15, 0.2) is 0 Å². The normalized spacial score (nSPS) is 11.6. The van der Waals surface area contributed by atoms with Gasteiger partial charge in [0.25, 0.3) is 0 Å². The van der Waals surface area contributed by atoms with Crippen molar-refractivity contribution >= 4 is 22.7 Å². The maximum Gasteiger partial charge on any atom is 0.149 e. The highest BCUT2D eigenvalue weighted by Gasteiger charge is 2.13. The molecule has 0 aliphatic rings. The van der Waals surface area contributed by atoms with Gasteiger partial charge in [0.1, 0.15) is 17.6 Å². The molecule has 0 bridgehead atoms. The predicted octanol–water partition coefficient (Wildman–Crippen LogP) is 5.35. The van der Waals surface area contributed by atoms with Gasteiger partial charge in [0, 0.05) is 23.1 Å². The number of benzene rings is 2. The maximum atomic E-state index is 9.77. The van der Waals surface area contributed by atoms with Gasteiger partial charge in [-0.05, 0) is 68.3 Å². The quantitative estimate of drug-likeness (QED) is 0.484. The lowest BCUT2D eigenvalue weighted by molar-refractivity contribution is 0.414. The van der Waals surface area contributed by atoms with Gasteiger partial charge in [-0.2, -0.15) is 5.26 Å². The molecule has 5 heteroatoms. The van der Waals surface area contributed by atoms with Crippen molar-refractivity contribution in [2.75, 3.05) is 7.11 Å². The summed E-state index contributed by atoms with van der Waals surface area (Å²) in [6.07, 6.45) is 1.89. The first-order valence-corrected chi connectivity index (χ1v) is 9.42. The number of nitrogens with zero attached hydrogens (tertiary/aromatic N) is 3. The van der Waals surface area contributed by atoms with Crippen LogP contribution in [0.5, 0.6) is 5.75 Å². The first kappa shape index (κ1) is 18.6. The number of hydrogen-bond acceptors (Lipinski definition) is 3. The summed E-state index contributed by atoms with van der Waals surface area (Å²) in [5.41, 5.74) is 7.59. The largest absolute Gasteiger partial charge is 0.497 e. The molecule has 0 saturated carbocycles. The van der Waals surface area contributed by atoms with Crippen LogP contribution in [0.1, 0.15) is 28.3 Å². The van der Waals surface area contributed by atoms with Gasteiger partial charge in [-0.3, -0.25) is 0 Å². The summed E-state index contributed by atoms with van der Waals surface area (Å²) in [6, 6.07) is 18.3. The Balaban J connectivity index is 1.79. The molecule has 0 aliphatic carbocycles. The molecule has 0 atom stereocenters. The lowest BCUT2D eigenvalue weighted by atomic mass is 10.1. The summed E-state index contributed by atoms with van der Waals surface area (Å²) in [4.78, 5) is 7.86. The van der Waals surface area contributed by atoms with Crippen molar-refractivity contribution in [2.45, 2.75) is 20.8 Å². The summed E-state index contributed by atoms with van der Waals surface area (Å²) >= 11 is 0. The van der Waals surface area contributed by atoms with Crippen molar-refractivity contribution in [2.24, 2.45) is 0 Å². The summed E-state index contributed by atoms with van der Waals surface area (Å²) in [5.74, 6) is 1.39. The van der Waals surface area contributed by atoms with E-state index in [1.54, 1.807) is 7.11 Å². The summed E-state index contributed by atoms with van der Waals surface area (Å²) in [5, 5.41) is 9.77. The third-order valence-corrected chi connectivity index (χ3v) is 5.09. The summed E-state index contributed by atoms with van der Waals surface area (Å²) in [6.45, 7) is 6.14. The minimum absolute atomic E-state index is 0.504. The molecule has 0 fully saturated rings. The molecule has 0 radical (unpaired) electrons. The average Bonchev–Trinajstić information content (AvgIpc) is 3.25. The number of aromatic amines is 1. The minimum Gasteiger partial charge on any atom is -0.497 e. The van der Waals surface area contributed by atoms with Crippen LogP contribution in [0.3, 0.4) is 0 Å². The fraction of sp³-hybridized carbons (Fsp3) is 0.167. The van der Waals surface area contributed by atoms with Gasteiger partial charge < -0.3 is 14.3 Å². The van der Waals surface area contributed by atoms with E-state index >= 15 is 0 Å². The molecule has 5 nitrogen and oxygen atoms in total. The molecule has 0 unspecified atom stereocenters. The fourth-order valence-electron chi connectivity index (χ4n) is 3.64. The second kappa shape index (κ2) is 7.33. The molecule has 4 aromatic rings. The Kier molecular flexibility index (Phi) is 4.69. The Bertz CT molecular complexity index is 1280. The van der Waals surface area contributed by atoms with Crippen molar-refractivity contribution in [1.82, 2.24) is 14.5 Å². The monoisotopic (exact) mass is 382 g/mol. The number of H-pyrrole nitrogens is 1. The zero-order chi connectivity index (χ0) is 20.5. The van der Waals surface area contributed by atoms with E-state index in [9.17, 15) is 5.26 Å². The maximum absolute atomic E-state index is 9.77. The van der Waals surface area contributed by atoms with Crippen molar-refractivity contribution < 1.29 is 4.74 Å². The average molecular weight is 382 g/mol. The number of aromatic nitrogens is 3. The van der Waals surface area contributed by atoms with E-state index in [0.717, 1.165) is 45.0 Å². The second-order valence-electron chi connectivity index (χ2n) is 7.14. The highest BCUT2D eigenvalue weighted by atomic mass is 16.5. The summed E-state index contributed by atoms with van der Waals surface area (Å²) < 4.78 is 7.52. The van der Waals surface area contributed by atoms with E-state index in [1.807, 2.05) is 55.5 Å². The van der Waals surface area contributed by atoms with Crippen LogP contribution in [0.15, 0.2) is 48.5 Å². The fourth-order valence-corrected chi connectivity index (χ4v) is 3.64. The first-order valence-electron chi connectivity index (χ1n) is 9.42. The van der Waals surface area contributed by atoms with E-state index in [4.69, 9.17) is 4.74 Å². The van der Waals surface area contributed by atoms with Crippen LogP contribution in [0.4, 0.5) is 0 Å². The smallest absolute Gasteiger partial charge is 0.149 e. The number of methoxy groups -OCH3 is 1. The lowest BCUT2D eigenvalue weighted by Gasteiger charge is -2.11. The van der Waals surface area contributed by atoms with Crippen LogP contribution in [-0.4, -0.2) is 21.6 Å². The van der Waals surface area contributed by atoms with E-state index < -0.39 is 0 Å². The van der Waals surface area contributed by atoms with Crippen LogP contribution in [0.25, 0.3) is 28.4 Å². The Morgan fingerprint density at radius 1 is 1.14 bits per heavy atom. The Labute approximate surface area is 169 Å². The van der Waals surface area contributed by atoms with E-state index in [1.165, 1.54) is 0 Å². The van der Waals surface area contributed by atoms with Crippen LogP contribution in [-0.2, 0) is 0 Å². The number of aryl methyl sites for hydroxylation is 2. The molecule has 2 heterocycles. The number of nitriles is 1. The number of nitrogens with one attached hydrogen (secondary N) is 1. The predicted molar refractivity (Wildman–Crippen MR) is 116 cm³/mol. The standard InChI is InChI=1S/C24H22N4O/c1-15-8-9-22-23(10-15)27-24(26-22)19(14-25)12-18-11-16(2)28(17(18)3)20-6-5-7-21(13-20)29-4/h5-13H,1-4H3,(H,26,27)/b19-12+. The van der Waals surface area contributed by atoms with Gasteiger partial charge in [-0.15, -0.1) is 0 Å². The van der Waals surface area contributed by atoms with Crippen LogP contribution < -0.4 is 4.74 Å². The van der Waals surface area contributed by atoms with Crippen molar-refractivity contribution in [3.8, 4) is 17.5 Å². The molecular formula is C24H22N4O.